The van der Waals surface area contributed by atoms with Gasteiger partial charge in [0.05, 0.1) is 0 Å². The Bertz CT molecular complexity index is 516. The van der Waals surface area contributed by atoms with Crippen molar-refractivity contribution in [2.24, 2.45) is 5.92 Å². The van der Waals surface area contributed by atoms with E-state index >= 15 is 0 Å². The van der Waals surface area contributed by atoms with Gasteiger partial charge in [-0.2, -0.15) is 0 Å². The maximum absolute atomic E-state index is 3.90. The number of hydrogen-bond donors (Lipinski definition) is 1. The molecule has 1 nitrogen and oxygen atoms in total. The molecule has 1 aliphatic carbocycles. The van der Waals surface area contributed by atoms with Gasteiger partial charge in [-0.25, -0.2) is 0 Å². The Balaban J connectivity index is 1.79. The standard InChI is InChI=1S/C19H23N/c1-2-18(15-9-5-3-6-10-15)20-19(17-13-14-17)16-11-7-4-8-12-16/h3-12,17-20H,2,13-14H2,1H3. The maximum Gasteiger partial charge on any atom is 0.0354 e. The van der Waals surface area contributed by atoms with E-state index in [9.17, 15) is 0 Å². The van der Waals surface area contributed by atoms with Crippen molar-refractivity contribution in [3.05, 3.63) is 71.8 Å². The average Bonchev–Trinajstić information content (AvgIpc) is 3.35. The topological polar surface area (TPSA) is 12.0 Å². The van der Waals surface area contributed by atoms with Crippen LogP contribution in [-0.4, -0.2) is 0 Å². The molecule has 104 valence electrons. The lowest BCUT2D eigenvalue weighted by molar-refractivity contribution is 0.402. The molecule has 1 saturated carbocycles. The van der Waals surface area contributed by atoms with Crippen LogP contribution < -0.4 is 5.32 Å². The van der Waals surface area contributed by atoms with Crippen LogP contribution in [0, 0.1) is 5.92 Å². The van der Waals surface area contributed by atoms with E-state index in [2.05, 4.69) is 72.9 Å². The van der Waals surface area contributed by atoms with Crippen molar-refractivity contribution >= 4 is 0 Å². The summed E-state index contributed by atoms with van der Waals surface area (Å²) in [5, 5.41) is 3.90. The quantitative estimate of drug-likeness (QED) is 0.785. The molecule has 3 rings (SSSR count). The van der Waals surface area contributed by atoms with E-state index in [1.165, 1.54) is 24.0 Å². The first-order chi connectivity index (χ1) is 9.88. The van der Waals surface area contributed by atoms with Crippen LogP contribution in [0.1, 0.15) is 49.4 Å². The van der Waals surface area contributed by atoms with Gasteiger partial charge in [-0.1, -0.05) is 67.6 Å². The summed E-state index contributed by atoms with van der Waals surface area (Å²) in [6, 6.07) is 22.7. The predicted molar refractivity (Wildman–Crippen MR) is 84.5 cm³/mol. The molecule has 1 fully saturated rings. The van der Waals surface area contributed by atoms with Gasteiger partial charge in [0.15, 0.2) is 0 Å². The Kier molecular flexibility index (Phi) is 4.17. The lowest BCUT2D eigenvalue weighted by atomic mass is 9.98. The van der Waals surface area contributed by atoms with Crippen LogP contribution in [0.25, 0.3) is 0 Å². The molecule has 1 N–H and O–H groups in total. The van der Waals surface area contributed by atoms with Crippen LogP contribution in [0.15, 0.2) is 60.7 Å². The van der Waals surface area contributed by atoms with E-state index in [1.807, 2.05) is 0 Å². The second-order valence-electron chi connectivity index (χ2n) is 5.76. The second kappa shape index (κ2) is 6.23. The van der Waals surface area contributed by atoms with Crippen LogP contribution in [0.5, 0.6) is 0 Å². The molecule has 0 saturated heterocycles. The van der Waals surface area contributed by atoms with Crippen molar-refractivity contribution in [2.45, 2.75) is 38.3 Å². The van der Waals surface area contributed by atoms with E-state index in [-0.39, 0.29) is 0 Å². The Morgan fingerprint density at radius 3 is 1.95 bits per heavy atom. The zero-order valence-electron chi connectivity index (χ0n) is 12.1. The molecule has 2 aromatic rings. The Morgan fingerprint density at radius 1 is 0.900 bits per heavy atom. The van der Waals surface area contributed by atoms with Gasteiger partial charge in [-0.05, 0) is 36.3 Å². The van der Waals surface area contributed by atoms with Gasteiger partial charge >= 0.3 is 0 Å². The first kappa shape index (κ1) is 13.4. The first-order valence-corrected chi connectivity index (χ1v) is 7.74. The molecule has 0 aromatic heterocycles. The summed E-state index contributed by atoms with van der Waals surface area (Å²) in [6.45, 7) is 2.26. The van der Waals surface area contributed by atoms with Crippen LogP contribution in [0.3, 0.4) is 0 Å². The van der Waals surface area contributed by atoms with E-state index < -0.39 is 0 Å². The van der Waals surface area contributed by atoms with Crippen molar-refractivity contribution in [1.29, 1.82) is 0 Å². The van der Waals surface area contributed by atoms with E-state index in [0.29, 0.717) is 12.1 Å². The first-order valence-electron chi connectivity index (χ1n) is 7.74. The van der Waals surface area contributed by atoms with Gasteiger partial charge < -0.3 is 5.32 Å². The molecule has 1 heteroatoms. The molecule has 0 amide bonds. The summed E-state index contributed by atoms with van der Waals surface area (Å²) in [6.07, 6.45) is 3.84. The van der Waals surface area contributed by atoms with Gasteiger partial charge in [-0.3, -0.25) is 0 Å². The molecule has 0 aliphatic heterocycles. The molecule has 2 aromatic carbocycles. The molecule has 1 aliphatic rings. The second-order valence-corrected chi connectivity index (χ2v) is 5.76. The highest BCUT2D eigenvalue weighted by atomic mass is 15.0. The van der Waals surface area contributed by atoms with Crippen LogP contribution in [0.4, 0.5) is 0 Å². The fraction of sp³-hybridized carbons (Fsp3) is 0.368. The minimum absolute atomic E-state index is 0.446. The zero-order chi connectivity index (χ0) is 13.8. The average molecular weight is 265 g/mol. The number of nitrogens with one attached hydrogen (secondary N) is 1. The van der Waals surface area contributed by atoms with Crippen LogP contribution in [-0.2, 0) is 0 Å². The summed E-state index contributed by atoms with van der Waals surface area (Å²) in [4.78, 5) is 0. The summed E-state index contributed by atoms with van der Waals surface area (Å²) in [5.41, 5.74) is 2.83. The Morgan fingerprint density at radius 2 is 1.45 bits per heavy atom. The van der Waals surface area contributed by atoms with Gasteiger partial charge in [0.1, 0.15) is 0 Å². The van der Waals surface area contributed by atoms with Crippen LogP contribution in [0.2, 0.25) is 0 Å². The smallest absolute Gasteiger partial charge is 0.0354 e. The predicted octanol–water partition coefficient (Wildman–Crippen LogP) is 4.88. The van der Waals surface area contributed by atoms with Crippen molar-refractivity contribution in [3.8, 4) is 0 Å². The minimum Gasteiger partial charge on any atom is -0.303 e. The normalized spacial score (nSPS) is 17.6. The lowest BCUT2D eigenvalue weighted by Crippen LogP contribution is -2.27. The SMILES string of the molecule is CCC(NC(c1ccccc1)C1CC1)c1ccccc1. The Labute approximate surface area is 122 Å². The van der Waals surface area contributed by atoms with E-state index in [1.54, 1.807) is 0 Å². The third-order valence-corrected chi connectivity index (χ3v) is 4.24. The van der Waals surface area contributed by atoms with Gasteiger partial charge in [-0.15, -0.1) is 0 Å². The summed E-state index contributed by atoms with van der Waals surface area (Å²) >= 11 is 0. The molecule has 0 heterocycles. The van der Waals surface area contributed by atoms with Crippen LogP contribution >= 0.6 is 0 Å². The highest BCUT2D eigenvalue weighted by Gasteiger charge is 2.33. The molecular weight excluding hydrogens is 242 g/mol. The highest BCUT2D eigenvalue weighted by molar-refractivity contribution is 5.24. The third-order valence-electron chi connectivity index (χ3n) is 4.24. The summed E-state index contributed by atoms with van der Waals surface area (Å²) < 4.78 is 0. The monoisotopic (exact) mass is 265 g/mol. The van der Waals surface area contributed by atoms with E-state index in [4.69, 9.17) is 0 Å². The molecule has 2 atom stereocenters. The van der Waals surface area contributed by atoms with Crippen molar-refractivity contribution in [2.75, 3.05) is 0 Å². The molecular formula is C19H23N. The highest BCUT2D eigenvalue weighted by Crippen LogP contribution is 2.42. The van der Waals surface area contributed by atoms with Gasteiger partial charge in [0, 0.05) is 12.1 Å². The largest absolute Gasteiger partial charge is 0.303 e. The summed E-state index contributed by atoms with van der Waals surface area (Å²) in [7, 11) is 0. The molecule has 0 radical (unpaired) electrons. The van der Waals surface area contributed by atoms with Gasteiger partial charge in [0.25, 0.3) is 0 Å². The summed E-state index contributed by atoms with van der Waals surface area (Å²) in [5.74, 6) is 0.815. The number of rotatable bonds is 6. The molecule has 0 bridgehead atoms. The fourth-order valence-electron chi connectivity index (χ4n) is 2.95. The van der Waals surface area contributed by atoms with Gasteiger partial charge in [0.2, 0.25) is 0 Å². The molecule has 20 heavy (non-hydrogen) atoms. The third kappa shape index (κ3) is 3.10. The van der Waals surface area contributed by atoms with Crippen molar-refractivity contribution in [1.82, 2.24) is 5.32 Å². The maximum atomic E-state index is 3.90. The van der Waals surface area contributed by atoms with Crippen molar-refractivity contribution < 1.29 is 0 Å². The molecule has 2 unspecified atom stereocenters. The number of hydrogen-bond acceptors (Lipinski definition) is 1. The number of benzene rings is 2. The molecule has 0 spiro atoms. The lowest BCUT2D eigenvalue weighted by Gasteiger charge is -2.26. The minimum atomic E-state index is 0.446. The Hall–Kier alpha value is -1.60. The zero-order valence-corrected chi connectivity index (χ0v) is 12.1. The fourth-order valence-corrected chi connectivity index (χ4v) is 2.95. The van der Waals surface area contributed by atoms with E-state index in [0.717, 1.165) is 12.3 Å². The van der Waals surface area contributed by atoms with Crippen molar-refractivity contribution in [3.63, 3.8) is 0 Å².